The van der Waals surface area contributed by atoms with E-state index in [2.05, 4.69) is 42.5 Å². The summed E-state index contributed by atoms with van der Waals surface area (Å²) < 4.78 is 45.1. The predicted molar refractivity (Wildman–Crippen MR) is 139 cm³/mol. The number of pyridine rings is 1. The monoisotopic (exact) mass is 533 g/mol. The average molecular weight is 534 g/mol. The molecule has 1 saturated carbocycles. The lowest BCUT2D eigenvalue weighted by Crippen LogP contribution is -2.52. The highest BCUT2D eigenvalue weighted by atomic mass is 19.4. The number of hydrogen-bond acceptors (Lipinski definition) is 5. The number of nitrogens with one attached hydrogen (secondary N) is 2. The number of benzene rings is 1. The number of ether oxygens (including phenoxy) is 1. The molecule has 9 heteroatoms. The van der Waals surface area contributed by atoms with E-state index < -0.39 is 23.9 Å². The van der Waals surface area contributed by atoms with Gasteiger partial charge in [0.15, 0.2) is 0 Å². The van der Waals surface area contributed by atoms with Gasteiger partial charge in [-0.1, -0.05) is 32.9 Å². The van der Waals surface area contributed by atoms with Crippen LogP contribution in [-0.4, -0.2) is 40.3 Å². The lowest BCUT2D eigenvalue weighted by atomic mass is 9.73. The molecule has 4 rings (SSSR count). The molecule has 6 nitrogen and oxygen atoms in total. The van der Waals surface area contributed by atoms with Crippen molar-refractivity contribution in [2.75, 3.05) is 6.54 Å². The van der Waals surface area contributed by atoms with E-state index >= 15 is 0 Å². The summed E-state index contributed by atoms with van der Waals surface area (Å²) in [6.07, 6.45) is 1.35. The zero-order valence-electron chi connectivity index (χ0n) is 22.5. The van der Waals surface area contributed by atoms with Crippen LogP contribution in [0.5, 0.6) is 5.88 Å². The highest BCUT2D eigenvalue weighted by Gasteiger charge is 2.46. The predicted octanol–water partition coefficient (Wildman–Crippen LogP) is 5.13. The summed E-state index contributed by atoms with van der Waals surface area (Å²) in [5.41, 5.74) is 1.80. The van der Waals surface area contributed by atoms with Crippen LogP contribution < -0.4 is 15.4 Å². The molecule has 2 aliphatic rings. The van der Waals surface area contributed by atoms with Gasteiger partial charge in [0.1, 0.15) is 5.60 Å². The number of aliphatic hydroxyl groups is 1. The van der Waals surface area contributed by atoms with Gasteiger partial charge in [-0.25, -0.2) is 4.98 Å². The molecular formula is C29H38F3N3O3. The quantitative estimate of drug-likeness (QED) is 0.438. The Hall–Kier alpha value is -2.65. The first-order chi connectivity index (χ1) is 17.7. The zero-order chi connectivity index (χ0) is 27.7. The van der Waals surface area contributed by atoms with Crippen LogP contribution in [0.2, 0.25) is 0 Å². The van der Waals surface area contributed by atoms with Crippen molar-refractivity contribution in [1.29, 1.82) is 0 Å². The van der Waals surface area contributed by atoms with Gasteiger partial charge in [0.25, 0.3) is 0 Å². The normalized spacial score (nSPS) is 20.2. The van der Waals surface area contributed by atoms with Gasteiger partial charge in [-0.15, -0.1) is 0 Å². The average Bonchev–Trinajstić information content (AvgIpc) is 2.79. The molecule has 208 valence electrons. The van der Waals surface area contributed by atoms with Gasteiger partial charge in [0.2, 0.25) is 11.8 Å². The Morgan fingerprint density at radius 1 is 1.18 bits per heavy atom. The SMILES string of the molecule is CC(=O)N[C@@H](Cc1ccc(C(F)(F)F)cc1)[C@@H](O)CN[C@H]1CC2(CCC2)Oc2ncc(CC(C)(C)C)cc21. The van der Waals surface area contributed by atoms with Crippen LogP contribution in [0.3, 0.4) is 0 Å². The summed E-state index contributed by atoms with van der Waals surface area (Å²) >= 11 is 0. The van der Waals surface area contributed by atoms with Crippen molar-refractivity contribution in [3.63, 3.8) is 0 Å². The Morgan fingerprint density at radius 2 is 1.87 bits per heavy atom. The smallest absolute Gasteiger partial charge is 0.416 e. The molecule has 2 heterocycles. The van der Waals surface area contributed by atoms with Gasteiger partial charge in [0.05, 0.1) is 17.7 Å². The van der Waals surface area contributed by atoms with Crippen molar-refractivity contribution in [2.24, 2.45) is 5.41 Å². The van der Waals surface area contributed by atoms with Gasteiger partial charge in [-0.2, -0.15) is 13.2 Å². The first-order valence-electron chi connectivity index (χ1n) is 13.3. The van der Waals surface area contributed by atoms with Crippen molar-refractivity contribution < 1.29 is 27.8 Å². The Bertz CT molecular complexity index is 1120. The third-order valence-electron chi connectivity index (χ3n) is 7.36. The summed E-state index contributed by atoms with van der Waals surface area (Å²) in [7, 11) is 0. The molecule has 0 bridgehead atoms. The number of fused-ring (bicyclic) bond motifs is 1. The van der Waals surface area contributed by atoms with Crippen molar-refractivity contribution in [3.05, 3.63) is 58.8 Å². The van der Waals surface area contributed by atoms with Crippen molar-refractivity contribution in [3.8, 4) is 5.88 Å². The van der Waals surface area contributed by atoms with Crippen LogP contribution in [0.4, 0.5) is 13.2 Å². The fourth-order valence-corrected chi connectivity index (χ4v) is 5.38. The number of carbonyl (C=O) groups is 1. The second-order valence-corrected chi connectivity index (χ2v) is 12.1. The number of rotatable bonds is 8. The molecule has 3 atom stereocenters. The second kappa shape index (κ2) is 10.8. The topological polar surface area (TPSA) is 83.5 Å². The third kappa shape index (κ3) is 7.05. The van der Waals surface area contributed by atoms with E-state index in [1.807, 2.05) is 6.20 Å². The van der Waals surface area contributed by atoms with E-state index in [1.165, 1.54) is 19.1 Å². The van der Waals surface area contributed by atoms with E-state index in [-0.39, 0.29) is 35.9 Å². The van der Waals surface area contributed by atoms with Crippen LogP contribution in [0.25, 0.3) is 0 Å². The minimum Gasteiger partial charge on any atom is -0.471 e. The number of aromatic nitrogens is 1. The minimum absolute atomic E-state index is 0.0786. The molecule has 2 aromatic rings. The van der Waals surface area contributed by atoms with Crippen LogP contribution in [0.15, 0.2) is 36.5 Å². The lowest BCUT2D eigenvalue weighted by Gasteiger charge is -2.47. The van der Waals surface area contributed by atoms with Gasteiger partial charge in [-0.05, 0) is 66.8 Å². The number of hydrogen-bond donors (Lipinski definition) is 3. The van der Waals surface area contributed by atoms with Crippen molar-refractivity contribution in [1.82, 2.24) is 15.6 Å². The molecule has 3 N–H and O–H groups in total. The Morgan fingerprint density at radius 3 is 2.42 bits per heavy atom. The van der Waals surface area contributed by atoms with Gasteiger partial charge >= 0.3 is 6.18 Å². The Balaban J connectivity index is 1.48. The molecule has 1 aliphatic carbocycles. The summed E-state index contributed by atoms with van der Waals surface area (Å²) in [5, 5.41) is 17.3. The summed E-state index contributed by atoms with van der Waals surface area (Å²) in [6, 6.07) is 6.19. The maximum atomic E-state index is 12.9. The van der Waals surface area contributed by atoms with Crippen molar-refractivity contribution in [2.45, 2.75) is 96.2 Å². The first kappa shape index (κ1) is 28.4. The summed E-state index contributed by atoms with van der Waals surface area (Å²) in [6.45, 7) is 8.08. The molecule has 0 radical (unpaired) electrons. The van der Waals surface area contributed by atoms with Crippen LogP contribution in [0.1, 0.15) is 81.7 Å². The minimum atomic E-state index is -4.42. The van der Waals surface area contributed by atoms with Crippen LogP contribution in [0, 0.1) is 5.41 Å². The van der Waals surface area contributed by atoms with Gasteiger partial charge in [0, 0.05) is 37.7 Å². The highest BCUT2D eigenvalue weighted by Crippen LogP contribution is 2.48. The van der Waals surface area contributed by atoms with E-state index in [4.69, 9.17) is 4.74 Å². The largest absolute Gasteiger partial charge is 0.471 e. The summed E-state index contributed by atoms with van der Waals surface area (Å²) in [5.74, 6) is 0.311. The number of carbonyl (C=O) groups excluding carboxylic acids is 1. The van der Waals surface area contributed by atoms with Gasteiger partial charge < -0.3 is 20.5 Å². The fraction of sp³-hybridized carbons (Fsp3) is 0.586. The first-order valence-corrected chi connectivity index (χ1v) is 13.3. The molecule has 1 aromatic heterocycles. The number of alkyl halides is 3. The highest BCUT2D eigenvalue weighted by molar-refractivity contribution is 5.73. The third-order valence-corrected chi connectivity index (χ3v) is 7.36. The standard InChI is InChI=1S/C29H38F3N3O3/c1-18(36)35-23(13-19-6-8-21(9-7-19)29(30,31)32)25(37)17-33-24-15-28(10-5-11-28)38-26-22(24)12-20(16-34-26)14-27(2,3)4/h6-9,12,16,23-25,33,37H,5,10-11,13-15,17H2,1-4H3,(H,35,36)/t23-,24-,25-/m0/s1. The van der Waals surface area contributed by atoms with Gasteiger partial charge in [-0.3, -0.25) is 4.79 Å². The number of halogens is 3. The summed E-state index contributed by atoms with van der Waals surface area (Å²) in [4.78, 5) is 16.5. The molecule has 1 aliphatic heterocycles. The van der Waals surface area contributed by atoms with Crippen LogP contribution >= 0.6 is 0 Å². The molecule has 1 fully saturated rings. The molecule has 0 saturated heterocycles. The molecule has 0 unspecified atom stereocenters. The fourth-order valence-electron chi connectivity index (χ4n) is 5.38. The van der Waals surface area contributed by atoms with E-state index in [9.17, 15) is 23.1 Å². The lowest BCUT2D eigenvalue weighted by molar-refractivity contribution is -0.137. The van der Waals surface area contributed by atoms with Crippen LogP contribution in [-0.2, 0) is 23.8 Å². The molecular weight excluding hydrogens is 495 g/mol. The second-order valence-electron chi connectivity index (χ2n) is 12.1. The Kier molecular flexibility index (Phi) is 8.09. The number of nitrogens with zero attached hydrogens (tertiary/aromatic N) is 1. The molecule has 1 aromatic carbocycles. The van der Waals surface area contributed by atoms with E-state index in [1.54, 1.807) is 0 Å². The van der Waals surface area contributed by atoms with E-state index in [0.717, 1.165) is 55.4 Å². The maximum Gasteiger partial charge on any atom is 0.416 e. The van der Waals surface area contributed by atoms with Crippen molar-refractivity contribution >= 4 is 5.91 Å². The maximum absolute atomic E-state index is 12.9. The molecule has 1 spiro atoms. The number of aliphatic hydroxyl groups excluding tert-OH is 1. The van der Waals surface area contributed by atoms with E-state index in [0.29, 0.717) is 11.4 Å². The molecule has 38 heavy (non-hydrogen) atoms. The number of amides is 1. The Labute approximate surface area is 222 Å². The zero-order valence-corrected chi connectivity index (χ0v) is 22.5. The molecule has 1 amide bonds.